The number of carbonyl (C=O) groups is 2. The normalized spacial score (nSPS) is 12.2. The number of benzene rings is 1. The number of aliphatic carboxylic acids is 1. The quantitative estimate of drug-likeness (QED) is 0.814. The summed E-state index contributed by atoms with van der Waals surface area (Å²) in [7, 11) is 0. The zero-order valence-corrected chi connectivity index (χ0v) is 10.9. The van der Waals surface area contributed by atoms with Crippen LogP contribution in [-0.2, 0) is 21.3 Å². The smallest absolute Gasteiger partial charge is 0.337 e. The molecule has 1 aromatic rings. The summed E-state index contributed by atoms with van der Waals surface area (Å²) in [4.78, 5) is 21.8. The zero-order chi connectivity index (χ0) is 13.0. The fourth-order valence-corrected chi connectivity index (χ4v) is 2.06. The number of aliphatic hydroxyl groups excluding tert-OH is 1. The first-order valence-electron chi connectivity index (χ1n) is 5.03. The van der Waals surface area contributed by atoms with Crippen molar-refractivity contribution < 1.29 is 19.8 Å². The Labute approximate surface area is 107 Å². The predicted molar refractivity (Wildman–Crippen MR) is 66.1 cm³/mol. The molecule has 0 aliphatic heterocycles. The van der Waals surface area contributed by atoms with Crippen molar-refractivity contribution in [1.29, 1.82) is 0 Å². The molecule has 2 N–H and O–H groups in total. The third-order valence-corrected chi connectivity index (χ3v) is 2.94. The molecule has 0 radical (unpaired) electrons. The molecule has 0 aliphatic carbocycles. The van der Waals surface area contributed by atoms with Crippen molar-refractivity contribution in [3.8, 4) is 0 Å². The highest BCUT2D eigenvalue weighted by Gasteiger charge is 2.19. The van der Waals surface area contributed by atoms with Gasteiger partial charge in [0.2, 0.25) is 0 Å². The molecule has 0 bridgehead atoms. The molecule has 0 aliphatic rings. The Kier molecular flexibility index (Phi) is 4.84. The summed E-state index contributed by atoms with van der Waals surface area (Å²) in [6.07, 6.45) is -1.32. The SMILES string of the molecule is CC(=O)Cc1ccc(CBr)c(C(O)C(=O)O)c1. The van der Waals surface area contributed by atoms with Crippen LogP contribution in [0.1, 0.15) is 29.7 Å². The van der Waals surface area contributed by atoms with Gasteiger partial charge in [0.15, 0.2) is 6.10 Å². The number of Topliss-reactive ketones (excluding diaryl/α,β-unsaturated/α-hetero) is 1. The lowest BCUT2D eigenvalue weighted by molar-refractivity contribution is -0.147. The number of carboxylic acid groups (broad SMARTS) is 1. The van der Waals surface area contributed by atoms with Gasteiger partial charge in [0.25, 0.3) is 0 Å². The van der Waals surface area contributed by atoms with Gasteiger partial charge >= 0.3 is 5.97 Å². The maximum atomic E-state index is 11.0. The first-order valence-corrected chi connectivity index (χ1v) is 6.15. The van der Waals surface area contributed by atoms with Gasteiger partial charge in [-0.2, -0.15) is 0 Å². The lowest BCUT2D eigenvalue weighted by Gasteiger charge is -2.12. The summed E-state index contributed by atoms with van der Waals surface area (Å²) in [5.41, 5.74) is 1.73. The molecule has 0 aromatic heterocycles. The topological polar surface area (TPSA) is 74.6 Å². The second-order valence-corrected chi connectivity index (χ2v) is 4.35. The van der Waals surface area contributed by atoms with E-state index in [4.69, 9.17) is 5.11 Å². The number of hydrogen-bond acceptors (Lipinski definition) is 3. The number of hydrogen-bond donors (Lipinski definition) is 2. The van der Waals surface area contributed by atoms with Crippen LogP contribution >= 0.6 is 15.9 Å². The predicted octanol–water partition coefficient (Wildman–Crippen LogP) is 1.83. The van der Waals surface area contributed by atoms with Crippen LogP contribution < -0.4 is 0 Å². The van der Waals surface area contributed by atoms with Crippen LogP contribution in [0.3, 0.4) is 0 Å². The van der Waals surface area contributed by atoms with Crippen molar-refractivity contribution in [2.75, 3.05) is 0 Å². The van der Waals surface area contributed by atoms with Crippen molar-refractivity contribution in [2.45, 2.75) is 24.8 Å². The highest BCUT2D eigenvalue weighted by Crippen LogP contribution is 2.22. The van der Waals surface area contributed by atoms with Gasteiger partial charge in [-0.05, 0) is 23.6 Å². The molecular formula is C12H13BrO4. The number of carboxylic acids is 1. The number of ketones is 1. The van der Waals surface area contributed by atoms with E-state index < -0.39 is 12.1 Å². The molecule has 1 atom stereocenters. The molecule has 92 valence electrons. The Morgan fingerprint density at radius 2 is 2.06 bits per heavy atom. The van der Waals surface area contributed by atoms with Crippen molar-refractivity contribution in [1.82, 2.24) is 0 Å². The molecule has 4 nitrogen and oxygen atoms in total. The van der Waals surface area contributed by atoms with E-state index in [1.807, 2.05) is 0 Å². The third-order valence-electron chi connectivity index (χ3n) is 2.34. The van der Waals surface area contributed by atoms with Crippen molar-refractivity contribution in [3.05, 3.63) is 34.9 Å². The maximum absolute atomic E-state index is 11.0. The van der Waals surface area contributed by atoms with E-state index in [-0.39, 0.29) is 12.2 Å². The summed E-state index contributed by atoms with van der Waals surface area (Å²) in [5, 5.41) is 18.8. The van der Waals surface area contributed by atoms with E-state index >= 15 is 0 Å². The van der Waals surface area contributed by atoms with Crippen LogP contribution in [0.15, 0.2) is 18.2 Å². The van der Waals surface area contributed by atoms with Crippen LogP contribution in [0.5, 0.6) is 0 Å². The minimum atomic E-state index is -1.56. The first-order chi connectivity index (χ1) is 7.95. The van der Waals surface area contributed by atoms with E-state index in [9.17, 15) is 14.7 Å². The standard InChI is InChI=1S/C12H13BrO4/c1-7(14)4-8-2-3-9(6-13)10(5-8)11(15)12(16)17/h2-3,5,11,15H,4,6H2,1H3,(H,16,17). The van der Waals surface area contributed by atoms with Gasteiger partial charge in [-0.3, -0.25) is 4.79 Å². The van der Waals surface area contributed by atoms with Gasteiger partial charge < -0.3 is 10.2 Å². The third kappa shape index (κ3) is 3.64. The van der Waals surface area contributed by atoms with E-state index in [0.717, 1.165) is 0 Å². The molecule has 0 saturated heterocycles. The van der Waals surface area contributed by atoms with E-state index in [2.05, 4.69) is 15.9 Å². The van der Waals surface area contributed by atoms with Gasteiger partial charge in [0.05, 0.1) is 0 Å². The number of alkyl halides is 1. The van der Waals surface area contributed by atoms with Crippen molar-refractivity contribution >= 4 is 27.7 Å². The van der Waals surface area contributed by atoms with Crippen LogP contribution in [0.25, 0.3) is 0 Å². The van der Waals surface area contributed by atoms with Gasteiger partial charge in [0.1, 0.15) is 5.78 Å². The largest absolute Gasteiger partial charge is 0.479 e. The second-order valence-electron chi connectivity index (χ2n) is 3.79. The Hall–Kier alpha value is -1.20. The number of halogens is 1. The molecule has 1 rings (SSSR count). The molecule has 0 spiro atoms. The Balaban J connectivity index is 3.14. The van der Waals surface area contributed by atoms with Crippen LogP contribution in [0, 0.1) is 0 Å². The number of aliphatic hydroxyl groups is 1. The fraction of sp³-hybridized carbons (Fsp3) is 0.333. The highest BCUT2D eigenvalue weighted by atomic mass is 79.9. The van der Waals surface area contributed by atoms with Crippen LogP contribution in [0.4, 0.5) is 0 Å². The average molecular weight is 301 g/mol. The second kappa shape index (κ2) is 5.93. The van der Waals surface area contributed by atoms with Crippen molar-refractivity contribution in [3.63, 3.8) is 0 Å². The minimum absolute atomic E-state index is 0.00708. The maximum Gasteiger partial charge on any atom is 0.337 e. The minimum Gasteiger partial charge on any atom is -0.479 e. The molecule has 0 fully saturated rings. The summed E-state index contributed by atoms with van der Waals surface area (Å²) < 4.78 is 0. The molecule has 17 heavy (non-hydrogen) atoms. The average Bonchev–Trinajstić information content (AvgIpc) is 2.27. The van der Waals surface area contributed by atoms with Gasteiger partial charge in [-0.15, -0.1) is 0 Å². The van der Waals surface area contributed by atoms with E-state index in [0.29, 0.717) is 22.0 Å². The molecule has 0 heterocycles. The van der Waals surface area contributed by atoms with Gasteiger partial charge in [0, 0.05) is 11.8 Å². The zero-order valence-electron chi connectivity index (χ0n) is 9.31. The fourth-order valence-electron chi connectivity index (χ4n) is 1.55. The summed E-state index contributed by atoms with van der Waals surface area (Å²) in [6, 6.07) is 5.04. The number of carbonyl (C=O) groups excluding carboxylic acids is 1. The summed E-state index contributed by atoms with van der Waals surface area (Å²) in [6.45, 7) is 1.46. The first kappa shape index (κ1) is 13.9. The molecule has 5 heteroatoms. The lowest BCUT2D eigenvalue weighted by atomic mass is 9.98. The molecule has 1 unspecified atom stereocenters. The number of rotatable bonds is 5. The van der Waals surface area contributed by atoms with Gasteiger partial charge in [-0.25, -0.2) is 4.79 Å². The monoisotopic (exact) mass is 300 g/mol. The molecule has 0 saturated carbocycles. The Morgan fingerprint density at radius 1 is 1.41 bits per heavy atom. The Bertz CT molecular complexity index is 442. The molecular weight excluding hydrogens is 288 g/mol. The van der Waals surface area contributed by atoms with E-state index in [1.54, 1.807) is 18.2 Å². The molecule has 0 amide bonds. The summed E-state index contributed by atoms with van der Waals surface area (Å²) in [5.74, 6) is -1.31. The molecule has 1 aromatic carbocycles. The highest BCUT2D eigenvalue weighted by molar-refractivity contribution is 9.08. The van der Waals surface area contributed by atoms with E-state index in [1.165, 1.54) is 6.92 Å². The van der Waals surface area contributed by atoms with Crippen LogP contribution in [0.2, 0.25) is 0 Å². The lowest BCUT2D eigenvalue weighted by Crippen LogP contribution is -2.13. The van der Waals surface area contributed by atoms with Crippen LogP contribution in [-0.4, -0.2) is 22.0 Å². The van der Waals surface area contributed by atoms with Gasteiger partial charge in [-0.1, -0.05) is 34.1 Å². The Morgan fingerprint density at radius 3 is 2.53 bits per heavy atom. The summed E-state index contributed by atoms with van der Waals surface area (Å²) >= 11 is 3.23. The van der Waals surface area contributed by atoms with Crippen molar-refractivity contribution in [2.24, 2.45) is 0 Å².